The standard InChI is InChI=1S/C8H12ClN3/c9-6-7(11-12-8(6)10)5-3-1-2-4-5/h5H,1-4H2,(H3,10,11,12). The minimum atomic E-state index is 0.429. The first-order chi connectivity index (χ1) is 5.79. The molecule has 3 N–H and O–H groups in total. The second-order valence-corrected chi connectivity index (χ2v) is 3.70. The van der Waals surface area contributed by atoms with Crippen LogP contribution in [0, 0.1) is 0 Å². The molecule has 0 radical (unpaired) electrons. The number of rotatable bonds is 1. The van der Waals surface area contributed by atoms with E-state index >= 15 is 0 Å². The predicted octanol–water partition coefficient (Wildman–Crippen LogP) is 2.30. The molecule has 4 heteroatoms. The van der Waals surface area contributed by atoms with Crippen LogP contribution in [-0.4, -0.2) is 10.2 Å². The van der Waals surface area contributed by atoms with Crippen LogP contribution in [0.15, 0.2) is 0 Å². The monoisotopic (exact) mass is 185 g/mol. The molecular formula is C8H12ClN3. The number of anilines is 1. The van der Waals surface area contributed by atoms with Gasteiger partial charge in [-0.1, -0.05) is 24.4 Å². The molecule has 0 bridgehead atoms. The molecule has 1 aromatic heterocycles. The van der Waals surface area contributed by atoms with Crippen molar-refractivity contribution in [3.8, 4) is 0 Å². The molecule has 1 fully saturated rings. The molecule has 1 aliphatic rings. The van der Waals surface area contributed by atoms with E-state index in [9.17, 15) is 0 Å². The third kappa shape index (κ3) is 1.18. The van der Waals surface area contributed by atoms with Crippen molar-refractivity contribution in [2.24, 2.45) is 0 Å². The van der Waals surface area contributed by atoms with E-state index in [0.29, 0.717) is 16.8 Å². The highest BCUT2D eigenvalue weighted by atomic mass is 35.5. The normalized spacial score (nSPS) is 18.8. The Balaban J connectivity index is 2.26. The maximum atomic E-state index is 5.97. The molecule has 1 aliphatic carbocycles. The molecule has 12 heavy (non-hydrogen) atoms. The van der Waals surface area contributed by atoms with Crippen LogP contribution in [0.3, 0.4) is 0 Å². The SMILES string of the molecule is Nc1n[nH]c(C2CCCC2)c1Cl. The zero-order chi connectivity index (χ0) is 8.55. The quantitative estimate of drug-likeness (QED) is 0.706. The highest BCUT2D eigenvalue weighted by Gasteiger charge is 2.22. The summed E-state index contributed by atoms with van der Waals surface area (Å²) in [5, 5.41) is 7.42. The Kier molecular flexibility index (Phi) is 1.97. The number of aromatic amines is 1. The molecule has 0 atom stereocenters. The van der Waals surface area contributed by atoms with E-state index in [-0.39, 0.29) is 0 Å². The summed E-state index contributed by atoms with van der Waals surface area (Å²) in [5.41, 5.74) is 6.57. The number of aromatic nitrogens is 2. The fraction of sp³-hybridized carbons (Fsp3) is 0.625. The summed E-state index contributed by atoms with van der Waals surface area (Å²) in [4.78, 5) is 0. The third-order valence-electron chi connectivity index (χ3n) is 2.52. The van der Waals surface area contributed by atoms with Gasteiger partial charge in [-0.3, -0.25) is 5.10 Å². The summed E-state index contributed by atoms with van der Waals surface area (Å²) in [6.45, 7) is 0. The van der Waals surface area contributed by atoms with Gasteiger partial charge in [-0.2, -0.15) is 5.10 Å². The summed E-state index contributed by atoms with van der Waals surface area (Å²) in [5.74, 6) is 0.987. The van der Waals surface area contributed by atoms with Crippen molar-refractivity contribution in [1.29, 1.82) is 0 Å². The minimum Gasteiger partial charge on any atom is -0.381 e. The van der Waals surface area contributed by atoms with E-state index in [4.69, 9.17) is 17.3 Å². The van der Waals surface area contributed by atoms with Crippen molar-refractivity contribution in [1.82, 2.24) is 10.2 Å². The Bertz CT molecular complexity index is 276. The predicted molar refractivity (Wildman–Crippen MR) is 49.2 cm³/mol. The number of nitrogens with zero attached hydrogens (tertiary/aromatic N) is 1. The molecule has 1 saturated carbocycles. The summed E-state index contributed by atoms with van der Waals surface area (Å²) in [7, 11) is 0. The van der Waals surface area contributed by atoms with E-state index in [0.717, 1.165) is 5.69 Å². The molecule has 0 amide bonds. The lowest BCUT2D eigenvalue weighted by atomic mass is 10.0. The second-order valence-electron chi connectivity index (χ2n) is 3.32. The minimum absolute atomic E-state index is 0.429. The van der Waals surface area contributed by atoms with E-state index in [2.05, 4.69) is 10.2 Å². The van der Waals surface area contributed by atoms with Crippen molar-refractivity contribution < 1.29 is 0 Å². The molecule has 1 aromatic rings. The first-order valence-electron chi connectivity index (χ1n) is 4.28. The van der Waals surface area contributed by atoms with Crippen LogP contribution in [-0.2, 0) is 0 Å². The van der Waals surface area contributed by atoms with E-state index in [1.807, 2.05) is 0 Å². The van der Waals surface area contributed by atoms with Gasteiger partial charge in [-0.05, 0) is 12.8 Å². The molecule has 0 spiro atoms. The molecule has 0 aromatic carbocycles. The number of hydrogen-bond donors (Lipinski definition) is 2. The van der Waals surface area contributed by atoms with Crippen molar-refractivity contribution in [3.05, 3.63) is 10.7 Å². The van der Waals surface area contributed by atoms with E-state index < -0.39 is 0 Å². The zero-order valence-electron chi connectivity index (χ0n) is 6.81. The lowest BCUT2D eigenvalue weighted by Crippen LogP contribution is -1.93. The number of nitrogen functional groups attached to an aromatic ring is 1. The molecule has 1 heterocycles. The fourth-order valence-electron chi connectivity index (χ4n) is 1.84. The van der Waals surface area contributed by atoms with Crippen LogP contribution in [0.1, 0.15) is 37.3 Å². The molecule has 2 rings (SSSR count). The van der Waals surface area contributed by atoms with Gasteiger partial charge in [0.2, 0.25) is 0 Å². The van der Waals surface area contributed by atoms with Crippen molar-refractivity contribution in [2.75, 3.05) is 5.73 Å². The average Bonchev–Trinajstić information content (AvgIpc) is 2.64. The third-order valence-corrected chi connectivity index (χ3v) is 2.92. The Hall–Kier alpha value is -0.700. The topological polar surface area (TPSA) is 54.7 Å². The number of nitrogens with two attached hydrogens (primary N) is 1. The van der Waals surface area contributed by atoms with Crippen LogP contribution in [0.4, 0.5) is 5.82 Å². The van der Waals surface area contributed by atoms with Crippen molar-refractivity contribution >= 4 is 17.4 Å². The first kappa shape index (κ1) is 7.92. The smallest absolute Gasteiger partial charge is 0.164 e. The highest BCUT2D eigenvalue weighted by molar-refractivity contribution is 6.33. The Morgan fingerprint density at radius 3 is 2.58 bits per heavy atom. The maximum Gasteiger partial charge on any atom is 0.164 e. The van der Waals surface area contributed by atoms with Gasteiger partial charge in [0.05, 0.1) is 5.69 Å². The Labute approximate surface area is 76.3 Å². The summed E-state index contributed by atoms with van der Waals surface area (Å²) in [6, 6.07) is 0. The number of halogens is 1. The van der Waals surface area contributed by atoms with E-state index in [1.54, 1.807) is 0 Å². The van der Waals surface area contributed by atoms with Gasteiger partial charge in [-0.15, -0.1) is 0 Å². The molecule has 0 unspecified atom stereocenters. The fourth-order valence-corrected chi connectivity index (χ4v) is 2.08. The van der Waals surface area contributed by atoms with Crippen LogP contribution < -0.4 is 5.73 Å². The largest absolute Gasteiger partial charge is 0.381 e. The van der Waals surface area contributed by atoms with Gasteiger partial charge < -0.3 is 5.73 Å². The van der Waals surface area contributed by atoms with Gasteiger partial charge in [0.25, 0.3) is 0 Å². The lowest BCUT2D eigenvalue weighted by molar-refractivity contribution is 0.693. The Morgan fingerprint density at radius 1 is 1.42 bits per heavy atom. The lowest BCUT2D eigenvalue weighted by Gasteiger charge is -2.05. The molecular weight excluding hydrogens is 174 g/mol. The molecule has 3 nitrogen and oxygen atoms in total. The van der Waals surface area contributed by atoms with Crippen molar-refractivity contribution in [3.63, 3.8) is 0 Å². The number of nitrogens with one attached hydrogen (secondary N) is 1. The van der Waals surface area contributed by atoms with Crippen LogP contribution in [0.5, 0.6) is 0 Å². The van der Waals surface area contributed by atoms with Gasteiger partial charge >= 0.3 is 0 Å². The number of H-pyrrole nitrogens is 1. The highest BCUT2D eigenvalue weighted by Crippen LogP contribution is 2.37. The van der Waals surface area contributed by atoms with Gasteiger partial charge in [0, 0.05) is 5.92 Å². The summed E-state index contributed by atoms with van der Waals surface area (Å²) in [6.07, 6.45) is 5.00. The van der Waals surface area contributed by atoms with Gasteiger partial charge in [-0.25, -0.2) is 0 Å². The van der Waals surface area contributed by atoms with Crippen molar-refractivity contribution in [2.45, 2.75) is 31.6 Å². The summed E-state index contributed by atoms with van der Waals surface area (Å²) >= 11 is 5.97. The first-order valence-corrected chi connectivity index (χ1v) is 4.66. The molecule has 0 saturated heterocycles. The summed E-state index contributed by atoms with van der Waals surface area (Å²) < 4.78 is 0. The zero-order valence-corrected chi connectivity index (χ0v) is 7.56. The number of hydrogen-bond acceptors (Lipinski definition) is 2. The molecule has 66 valence electrons. The van der Waals surface area contributed by atoms with Crippen LogP contribution >= 0.6 is 11.6 Å². The van der Waals surface area contributed by atoms with E-state index in [1.165, 1.54) is 25.7 Å². The van der Waals surface area contributed by atoms with Crippen LogP contribution in [0.2, 0.25) is 5.02 Å². The average molecular weight is 186 g/mol. The second kappa shape index (κ2) is 2.98. The molecule has 0 aliphatic heterocycles. The van der Waals surface area contributed by atoms with Gasteiger partial charge in [0.15, 0.2) is 5.82 Å². The maximum absolute atomic E-state index is 5.97. The Morgan fingerprint density at radius 2 is 2.08 bits per heavy atom. The van der Waals surface area contributed by atoms with Gasteiger partial charge in [0.1, 0.15) is 5.02 Å². The van der Waals surface area contributed by atoms with Crippen LogP contribution in [0.25, 0.3) is 0 Å².